The summed E-state index contributed by atoms with van der Waals surface area (Å²) >= 11 is 5.21. The highest BCUT2D eigenvalue weighted by atomic mass is 79.9. The minimum atomic E-state index is 0.678. The molecule has 2 rings (SSSR count). The maximum Gasteiger partial charge on any atom is 0.223 e. The van der Waals surface area contributed by atoms with E-state index in [1.165, 1.54) is 11.1 Å². The van der Waals surface area contributed by atoms with Gasteiger partial charge >= 0.3 is 0 Å². The number of thioether (sulfide) groups is 1. The number of nitrogens with zero attached hydrogens (tertiary/aromatic N) is 2. The molecule has 0 unspecified atom stereocenters. The minimum Gasteiger partial charge on any atom is -0.354 e. The van der Waals surface area contributed by atoms with Crippen molar-refractivity contribution in [1.29, 1.82) is 0 Å². The topological polar surface area (TPSA) is 37.8 Å². The van der Waals surface area contributed by atoms with Gasteiger partial charge in [-0.3, -0.25) is 0 Å². The molecule has 100 valence electrons. The highest BCUT2D eigenvalue weighted by Gasteiger charge is 2.06. The molecule has 1 aromatic carbocycles. The van der Waals surface area contributed by atoms with Crippen molar-refractivity contribution in [3.63, 3.8) is 0 Å². The molecule has 2 aromatic rings. The Kier molecular flexibility index (Phi) is 5.22. The second-order valence-corrected chi connectivity index (χ2v) is 5.97. The lowest BCUT2D eigenvalue weighted by atomic mass is 10.2. The standard InChI is InChI=1S/C14H16BrN3S/c1-3-16-14-17-8-12(15)13(18-14)19-9-11-6-4-5-10(2)7-11/h4-8H,3,9H2,1-2H3,(H,16,17,18). The van der Waals surface area contributed by atoms with Gasteiger partial charge in [0.25, 0.3) is 0 Å². The van der Waals surface area contributed by atoms with Crippen molar-refractivity contribution >= 4 is 33.6 Å². The predicted octanol–water partition coefficient (Wildman–Crippen LogP) is 4.27. The van der Waals surface area contributed by atoms with Gasteiger partial charge in [-0.15, -0.1) is 11.8 Å². The first kappa shape index (κ1) is 14.3. The Balaban J connectivity index is 2.08. The molecule has 3 nitrogen and oxygen atoms in total. The summed E-state index contributed by atoms with van der Waals surface area (Å²) in [4.78, 5) is 8.71. The van der Waals surface area contributed by atoms with Crippen molar-refractivity contribution in [2.45, 2.75) is 24.6 Å². The van der Waals surface area contributed by atoms with Crippen LogP contribution in [0.3, 0.4) is 0 Å². The molecule has 0 saturated heterocycles. The number of hydrogen-bond acceptors (Lipinski definition) is 4. The Labute approximate surface area is 126 Å². The molecule has 1 heterocycles. The molecule has 0 fully saturated rings. The number of halogens is 1. The van der Waals surface area contributed by atoms with Crippen LogP contribution in [0, 0.1) is 6.92 Å². The quantitative estimate of drug-likeness (QED) is 0.653. The monoisotopic (exact) mass is 337 g/mol. The number of rotatable bonds is 5. The summed E-state index contributed by atoms with van der Waals surface area (Å²) < 4.78 is 0.937. The third-order valence-electron chi connectivity index (χ3n) is 2.50. The summed E-state index contributed by atoms with van der Waals surface area (Å²) in [5.41, 5.74) is 2.59. The van der Waals surface area contributed by atoms with Crippen LogP contribution >= 0.6 is 27.7 Å². The van der Waals surface area contributed by atoms with Crippen LogP contribution in [0.4, 0.5) is 5.95 Å². The van der Waals surface area contributed by atoms with Gasteiger partial charge in [-0.25, -0.2) is 9.97 Å². The average Bonchev–Trinajstić information content (AvgIpc) is 2.40. The van der Waals surface area contributed by atoms with Crippen LogP contribution in [0.2, 0.25) is 0 Å². The Morgan fingerprint density at radius 2 is 2.21 bits per heavy atom. The highest BCUT2D eigenvalue weighted by Crippen LogP contribution is 2.28. The highest BCUT2D eigenvalue weighted by molar-refractivity contribution is 9.10. The first-order chi connectivity index (χ1) is 9.19. The zero-order valence-electron chi connectivity index (χ0n) is 11.0. The van der Waals surface area contributed by atoms with E-state index in [4.69, 9.17) is 0 Å². The van der Waals surface area contributed by atoms with E-state index >= 15 is 0 Å². The minimum absolute atomic E-state index is 0.678. The lowest BCUT2D eigenvalue weighted by Crippen LogP contribution is -2.02. The Hall–Kier alpha value is -1.07. The zero-order chi connectivity index (χ0) is 13.7. The van der Waals surface area contributed by atoms with Crippen LogP contribution in [0.15, 0.2) is 40.0 Å². The van der Waals surface area contributed by atoms with Gasteiger partial charge < -0.3 is 5.32 Å². The molecule has 0 aliphatic heterocycles. The molecule has 0 atom stereocenters. The van der Waals surface area contributed by atoms with E-state index in [1.807, 2.05) is 6.92 Å². The lowest BCUT2D eigenvalue weighted by molar-refractivity contribution is 0.999. The molecule has 0 aliphatic carbocycles. The van der Waals surface area contributed by atoms with Crippen molar-refractivity contribution in [3.05, 3.63) is 46.1 Å². The van der Waals surface area contributed by atoms with Crippen LogP contribution in [-0.4, -0.2) is 16.5 Å². The SMILES string of the molecule is CCNc1ncc(Br)c(SCc2cccc(C)c2)n1. The van der Waals surface area contributed by atoms with E-state index in [-0.39, 0.29) is 0 Å². The Bertz CT molecular complexity index is 560. The number of anilines is 1. The number of aryl methyl sites for hydroxylation is 1. The van der Waals surface area contributed by atoms with Gasteiger partial charge in [0.15, 0.2) is 0 Å². The predicted molar refractivity (Wildman–Crippen MR) is 84.6 cm³/mol. The van der Waals surface area contributed by atoms with Crippen LogP contribution in [-0.2, 0) is 5.75 Å². The van der Waals surface area contributed by atoms with Crippen molar-refractivity contribution in [3.8, 4) is 0 Å². The van der Waals surface area contributed by atoms with Crippen molar-refractivity contribution in [2.24, 2.45) is 0 Å². The van der Waals surface area contributed by atoms with Gasteiger partial charge in [0.2, 0.25) is 5.95 Å². The Morgan fingerprint density at radius 3 is 2.95 bits per heavy atom. The second-order valence-electron chi connectivity index (χ2n) is 4.15. The molecule has 0 aliphatic rings. The van der Waals surface area contributed by atoms with E-state index in [9.17, 15) is 0 Å². The van der Waals surface area contributed by atoms with Crippen molar-refractivity contribution in [1.82, 2.24) is 9.97 Å². The van der Waals surface area contributed by atoms with E-state index in [0.29, 0.717) is 5.95 Å². The molecule has 0 saturated carbocycles. The summed E-state index contributed by atoms with van der Waals surface area (Å²) in [5.74, 6) is 1.58. The summed E-state index contributed by atoms with van der Waals surface area (Å²) in [6, 6.07) is 8.54. The number of aromatic nitrogens is 2. The van der Waals surface area contributed by atoms with Gasteiger partial charge in [0.05, 0.1) is 4.47 Å². The van der Waals surface area contributed by atoms with E-state index in [0.717, 1.165) is 21.8 Å². The van der Waals surface area contributed by atoms with Gasteiger partial charge in [-0.2, -0.15) is 0 Å². The lowest BCUT2D eigenvalue weighted by Gasteiger charge is -2.07. The molecule has 0 amide bonds. The molecule has 1 aromatic heterocycles. The fourth-order valence-electron chi connectivity index (χ4n) is 1.65. The summed E-state index contributed by atoms with van der Waals surface area (Å²) in [5, 5.41) is 4.09. The second kappa shape index (κ2) is 6.91. The fraction of sp³-hybridized carbons (Fsp3) is 0.286. The summed E-state index contributed by atoms with van der Waals surface area (Å²) in [6.45, 7) is 4.96. The molecular weight excluding hydrogens is 322 g/mol. The summed E-state index contributed by atoms with van der Waals surface area (Å²) in [7, 11) is 0. The maximum atomic E-state index is 4.49. The zero-order valence-corrected chi connectivity index (χ0v) is 13.4. The van der Waals surface area contributed by atoms with Crippen molar-refractivity contribution in [2.75, 3.05) is 11.9 Å². The third-order valence-corrected chi connectivity index (χ3v) is 4.41. The number of benzene rings is 1. The van der Waals surface area contributed by atoms with Gasteiger partial charge in [-0.1, -0.05) is 29.8 Å². The fourth-order valence-corrected chi connectivity index (χ4v) is 3.01. The van der Waals surface area contributed by atoms with Crippen LogP contribution in [0.1, 0.15) is 18.1 Å². The molecule has 5 heteroatoms. The van der Waals surface area contributed by atoms with E-state index < -0.39 is 0 Å². The average molecular weight is 338 g/mol. The molecular formula is C14H16BrN3S. The molecule has 0 spiro atoms. The van der Waals surface area contributed by atoms with Crippen LogP contribution in [0.25, 0.3) is 0 Å². The number of hydrogen-bond donors (Lipinski definition) is 1. The molecule has 19 heavy (non-hydrogen) atoms. The largest absolute Gasteiger partial charge is 0.354 e. The van der Waals surface area contributed by atoms with Crippen LogP contribution < -0.4 is 5.32 Å². The summed E-state index contributed by atoms with van der Waals surface area (Å²) in [6.07, 6.45) is 1.80. The van der Waals surface area contributed by atoms with Gasteiger partial charge in [-0.05, 0) is 35.3 Å². The van der Waals surface area contributed by atoms with E-state index in [2.05, 4.69) is 62.4 Å². The normalized spacial score (nSPS) is 10.5. The van der Waals surface area contributed by atoms with Crippen LogP contribution in [0.5, 0.6) is 0 Å². The first-order valence-corrected chi connectivity index (χ1v) is 7.91. The van der Waals surface area contributed by atoms with Gasteiger partial charge in [0, 0.05) is 18.5 Å². The van der Waals surface area contributed by atoms with Crippen molar-refractivity contribution < 1.29 is 0 Å². The molecule has 0 bridgehead atoms. The molecule has 1 N–H and O–H groups in total. The smallest absolute Gasteiger partial charge is 0.223 e. The Morgan fingerprint density at radius 1 is 1.37 bits per heavy atom. The molecule has 0 radical (unpaired) electrons. The van der Waals surface area contributed by atoms with E-state index in [1.54, 1.807) is 18.0 Å². The maximum absolute atomic E-state index is 4.49. The number of nitrogens with one attached hydrogen (secondary N) is 1. The first-order valence-electron chi connectivity index (χ1n) is 6.14. The third kappa shape index (κ3) is 4.21. The van der Waals surface area contributed by atoms with Gasteiger partial charge in [0.1, 0.15) is 5.03 Å².